The summed E-state index contributed by atoms with van der Waals surface area (Å²) >= 11 is 0. The van der Waals surface area contributed by atoms with Gasteiger partial charge in [0.25, 0.3) is 0 Å². The molecule has 0 spiro atoms. The molecule has 3 heteroatoms. The fourth-order valence-corrected chi connectivity index (χ4v) is 0.455. The van der Waals surface area contributed by atoms with Crippen LogP contribution in [0.25, 0.3) is 0 Å². The van der Waals surface area contributed by atoms with Gasteiger partial charge in [0.2, 0.25) is 0 Å². The number of rotatable bonds is 1. The molecule has 0 aromatic carbocycles. The normalized spacial score (nSPS) is 11.7. The van der Waals surface area contributed by atoms with Crippen molar-refractivity contribution in [2.75, 3.05) is 0 Å². The first kappa shape index (κ1) is 11.7. The van der Waals surface area contributed by atoms with Gasteiger partial charge in [-0.2, -0.15) is 0 Å². The van der Waals surface area contributed by atoms with Gasteiger partial charge in [-0.3, -0.25) is 0 Å². The monoisotopic (exact) mass is 153 g/mol. The highest BCUT2D eigenvalue weighted by Crippen LogP contribution is 2.06. The summed E-state index contributed by atoms with van der Waals surface area (Å²) in [5, 5.41) is 0. The summed E-state index contributed by atoms with van der Waals surface area (Å²) in [5.74, 6) is -0.204. The zero-order valence-corrected chi connectivity index (χ0v) is 6.76. The molecule has 1 nitrogen and oxygen atoms in total. The van der Waals surface area contributed by atoms with Crippen LogP contribution in [0.3, 0.4) is 0 Å². The summed E-state index contributed by atoms with van der Waals surface area (Å²) in [5.41, 5.74) is 5.87. The van der Waals surface area contributed by atoms with E-state index in [2.05, 4.69) is 0 Å². The molecule has 0 saturated heterocycles. The zero-order valence-electron chi connectivity index (χ0n) is 5.94. The quantitative estimate of drug-likeness (QED) is 0.613. The van der Waals surface area contributed by atoms with E-state index in [4.69, 9.17) is 5.73 Å². The molecule has 0 bridgehead atoms. The molecule has 0 aromatic rings. The number of hydrogen-bond acceptors (Lipinski definition) is 1. The van der Waals surface area contributed by atoms with Crippen molar-refractivity contribution >= 4 is 12.4 Å². The van der Waals surface area contributed by atoms with Gasteiger partial charge in [-0.1, -0.05) is 0 Å². The smallest absolute Gasteiger partial charge is 0.115 e. The summed E-state index contributed by atoms with van der Waals surface area (Å²) in [7, 11) is 0. The predicted octanol–water partition coefficient (Wildman–Crippen LogP) is 2.02. The topological polar surface area (TPSA) is 26.0 Å². The van der Waals surface area contributed by atoms with Crippen LogP contribution in [0.5, 0.6) is 0 Å². The first-order valence-corrected chi connectivity index (χ1v) is 2.64. The second-order valence-corrected chi connectivity index (χ2v) is 2.14. The number of hydrogen-bond donors (Lipinski definition) is 1. The Morgan fingerprint density at radius 2 is 1.78 bits per heavy atom. The lowest BCUT2D eigenvalue weighted by Crippen LogP contribution is -2.15. The maximum atomic E-state index is 12.4. The second kappa shape index (κ2) is 4.77. The Kier molecular flexibility index (Phi) is 6.19. The maximum Gasteiger partial charge on any atom is 0.115 e. The molecule has 1 atom stereocenters. The van der Waals surface area contributed by atoms with Gasteiger partial charge in [0, 0.05) is 0 Å². The van der Waals surface area contributed by atoms with Crippen LogP contribution in [-0.4, -0.2) is 6.04 Å². The predicted molar refractivity (Wildman–Crippen MR) is 40.4 cm³/mol. The molecule has 0 aliphatic carbocycles. The molecule has 0 rings (SSSR count). The van der Waals surface area contributed by atoms with E-state index in [0.29, 0.717) is 5.57 Å². The van der Waals surface area contributed by atoms with E-state index in [-0.39, 0.29) is 18.2 Å². The highest BCUT2D eigenvalue weighted by molar-refractivity contribution is 5.85. The Morgan fingerprint density at radius 1 is 1.44 bits per heavy atom. The Labute approximate surface area is 61.5 Å². The molecule has 56 valence electrons. The first-order chi connectivity index (χ1) is 3.55. The van der Waals surface area contributed by atoms with Gasteiger partial charge in [0.1, 0.15) is 5.83 Å². The van der Waals surface area contributed by atoms with Crippen molar-refractivity contribution in [3.8, 4) is 0 Å². The fraction of sp³-hybridized carbons (Fsp3) is 0.667. The van der Waals surface area contributed by atoms with Gasteiger partial charge in [-0.05, 0) is 26.3 Å². The summed E-state index contributed by atoms with van der Waals surface area (Å²) in [4.78, 5) is 0. The van der Waals surface area contributed by atoms with Crippen LogP contribution in [0.1, 0.15) is 20.8 Å². The molecule has 2 N–H and O–H groups in total. The lowest BCUT2D eigenvalue weighted by atomic mass is 10.2. The maximum absolute atomic E-state index is 12.4. The van der Waals surface area contributed by atoms with E-state index in [1.165, 1.54) is 0 Å². The van der Waals surface area contributed by atoms with Gasteiger partial charge in [0.05, 0.1) is 6.04 Å². The summed E-state index contributed by atoms with van der Waals surface area (Å²) in [6.45, 7) is 5.04. The largest absolute Gasteiger partial charge is 0.322 e. The molecule has 9 heavy (non-hydrogen) atoms. The van der Waals surface area contributed by atoms with Crippen molar-refractivity contribution in [1.29, 1.82) is 0 Å². The van der Waals surface area contributed by atoms with E-state index < -0.39 is 6.04 Å². The molecular weight excluding hydrogens is 141 g/mol. The van der Waals surface area contributed by atoms with Crippen molar-refractivity contribution in [1.82, 2.24) is 0 Å². The third-order valence-electron chi connectivity index (χ3n) is 0.877. The van der Waals surface area contributed by atoms with Crippen molar-refractivity contribution in [3.05, 3.63) is 11.4 Å². The number of allylic oxidation sites excluding steroid dienone is 1. The van der Waals surface area contributed by atoms with Crippen molar-refractivity contribution < 1.29 is 4.39 Å². The van der Waals surface area contributed by atoms with Crippen LogP contribution in [-0.2, 0) is 0 Å². The third kappa shape index (κ3) is 4.43. The highest BCUT2D eigenvalue weighted by Gasteiger charge is 2.01. The Bertz CT molecular complexity index is 106. The molecule has 0 aliphatic rings. The molecule has 0 aromatic heterocycles. The molecule has 0 amide bonds. The van der Waals surface area contributed by atoms with Crippen LogP contribution >= 0.6 is 12.4 Å². The summed E-state index contributed by atoms with van der Waals surface area (Å²) < 4.78 is 12.4. The van der Waals surface area contributed by atoms with E-state index >= 15 is 0 Å². The van der Waals surface area contributed by atoms with Crippen molar-refractivity contribution in [3.63, 3.8) is 0 Å². The molecule has 0 radical (unpaired) electrons. The lowest BCUT2D eigenvalue weighted by molar-refractivity contribution is 0.549. The lowest BCUT2D eigenvalue weighted by Gasteiger charge is -2.01. The van der Waals surface area contributed by atoms with E-state index in [1.807, 2.05) is 0 Å². The number of nitrogens with two attached hydrogens (primary N) is 1. The van der Waals surface area contributed by atoms with Crippen LogP contribution in [0.4, 0.5) is 4.39 Å². The minimum atomic E-state index is -0.444. The van der Waals surface area contributed by atoms with Crippen LogP contribution < -0.4 is 5.73 Å². The van der Waals surface area contributed by atoms with Gasteiger partial charge in [-0.25, -0.2) is 4.39 Å². The SMILES string of the molecule is CC(C)=C(F)[C@@H](C)N.Cl. The first-order valence-electron chi connectivity index (χ1n) is 2.64. The molecule has 0 unspecified atom stereocenters. The standard InChI is InChI=1S/C6H12FN.ClH/c1-4(2)6(7)5(3)8;/h5H,8H2,1-3H3;1H/t5-;/m1./s1. The zero-order chi connectivity index (χ0) is 6.73. The van der Waals surface area contributed by atoms with Crippen molar-refractivity contribution in [2.45, 2.75) is 26.8 Å². The fourth-order valence-electron chi connectivity index (χ4n) is 0.455. The van der Waals surface area contributed by atoms with Crippen LogP contribution in [0, 0.1) is 0 Å². The third-order valence-corrected chi connectivity index (χ3v) is 0.877. The summed E-state index contributed by atoms with van der Waals surface area (Å²) in [6.07, 6.45) is 0. The Morgan fingerprint density at radius 3 is 1.78 bits per heavy atom. The Hall–Kier alpha value is -0.0800. The van der Waals surface area contributed by atoms with E-state index in [0.717, 1.165) is 0 Å². The average Bonchev–Trinajstić information content (AvgIpc) is 1.64. The van der Waals surface area contributed by atoms with Gasteiger partial charge >= 0.3 is 0 Å². The minimum Gasteiger partial charge on any atom is -0.322 e. The molecule has 0 aliphatic heterocycles. The molecule has 0 fully saturated rings. The second-order valence-electron chi connectivity index (χ2n) is 2.14. The van der Waals surface area contributed by atoms with E-state index in [9.17, 15) is 4.39 Å². The Balaban J connectivity index is 0. The average molecular weight is 154 g/mol. The molecule has 0 heterocycles. The van der Waals surface area contributed by atoms with Crippen LogP contribution in [0.15, 0.2) is 11.4 Å². The van der Waals surface area contributed by atoms with Crippen molar-refractivity contribution in [2.24, 2.45) is 5.73 Å². The summed E-state index contributed by atoms with van der Waals surface area (Å²) in [6, 6.07) is -0.444. The van der Waals surface area contributed by atoms with E-state index in [1.54, 1.807) is 20.8 Å². The van der Waals surface area contributed by atoms with Crippen LogP contribution in [0.2, 0.25) is 0 Å². The van der Waals surface area contributed by atoms with Gasteiger partial charge in [-0.15, -0.1) is 12.4 Å². The highest BCUT2D eigenvalue weighted by atomic mass is 35.5. The van der Waals surface area contributed by atoms with Gasteiger partial charge < -0.3 is 5.73 Å². The molecule has 0 saturated carbocycles. The van der Waals surface area contributed by atoms with Gasteiger partial charge in [0.15, 0.2) is 0 Å². The number of halogens is 2. The minimum absolute atomic E-state index is 0. The molecular formula is C6H13ClFN.